The fourth-order valence-corrected chi connectivity index (χ4v) is 3.09. The first-order valence-corrected chi connectivity index (χ1v) is 7.50. The highest BCUT2D eigenvalue weighted by molar-refractivity contribution is 5.59. The maximum Gasteiger partial charge on any atom is 0.125 e. The van der Waals surface area contributed by atoms with E-state index in [4.69, 9.17) is 4.74 Å². The molecule has 0 saturated carbocycles. The number of fused-ring (bicyclic) bond motifs is 1. The van der Waals surface area contributed by atoms with Gasteiger partial charge in [-0.05, 0) is 45.2 Å². The van der Waals surface area contributed by atoms with E-state index < -0.39 is 0 Å². The number of hydrogen-bond acceptors (Lipinski definition) is 3. The molecule has 104 valence electrons. The molecule has 3 heteroatoms. The lowest BCUT2D eigenvalue weighted by atomic mass is 10.0. The molecule has 0 spiro atoms. The summed E-state index contributed by atoms with van der Waals surface area (Å²) in [4.78, 5) is 2.50. The van der Waals surface area contributed by atoms with Crippen molar-refractivity contribution in [3.63, 3.8) is 0 Å². The molecule has 2 heterocycles. The fourth-order valence-electron chi connectivity index (χ4n) is 3.09. The van der Waals surface area contributed by atoms with Crippen LogP contribution in [0.25, 0.3) is 0 Å². The third-order valence-electron chi connectivity index (χ3n) is 4.25. The zero-order valence-electron chi connectivity index (χ0n) is 12.0. The first kappa shape index (κ1) is 12.8. The maximum absolute atomic E-state index is 6.27. The fraction of sp³-hybridized carbons (Fsp3) is 0.625. The number of nitrogens with one attached hydrogen (secondary N) is 1. The van der Waals surface area contributed by atoms with Gasteiger partial charge in [0, 0.05) is 36.9 Å². The van der Waals surface area contributed by atoms with Crippen LogP contribution in [-0.4, -0.2) is 36.7 Å². The standard InChI is InChI=1S/C16H24N2O/c1-12(2)18-10-8-13(11-18)19-16-7-3-6-15-14(16)5-4-9-17-15/h3,6-7,12-13,17H,4-5,8-11H2,1-2H3. The molecule has 2 aliphatic rings. The Hall–Kier alpha value is -1.22. The second-order valence-corrected chi connectivity index (χ2v) is 5.93. The summed E-state index contributed by atoms with van der Waals surface area (Å²) in [5.41, 5.74) is 2.64. The Kier molecular flexibility index (Phi) is 3.65. The molecule has 3 rings (SSSR count). The predicted molar refractivity (Wildman–Crippen MR) is 79.0 cm³/mol. The van der Waals surface area contributed by atoms with Crippen LogP contribution in [0.4, 0.5) is 5.69 Å². The van der Waals surface area contributed by atoms with Crippen molar-refractivity contribution >= 4 is 5.69 Å². The summed E-state index contributed by atoms with van der Waals surface area (Å²) in [5, 5.41) is 3.46. The highest BCUT2D eigenvalue weighted by Gasteiger charge is 2.26. The Morgan fingerprint density at radius 1 is 1.37 bits per heavy atom. The van der Waals surface area contributed by atoms with Gasteiger partial charge in [0.25, 0.3) is 0 Å². The second-order valence-electron chi connectivity index (χ2n) is 5.93. The minimum Gasteiger partial charge on any atom is -0.489 e. The molecule has 0 aromatic heterocycles. The molecule has 1 atom stereocenters. The summed E-state index contributed by atoms with van der Waals surface area (Å²) in [6, 6.07) is 7.02. The quantitative estimate of drug-likeness (QED) is 0.904. The molecule has 1 saturated heterocycles. The summed E-state index contributed by atoms with van der Waals surface area (Å²) in [6.45, 7) is 7.83. The van der Waals surface area contributed by atoms with Crippen molar-refractivity contribution in [3.05, 3.63) is 23.8 Å². The first-order chi connectivity index (χ1) is 9.24. The molecular formula is C16H24N2O. The van der Waals surface area contributed by atoms with Crippen molar-refractivity contribution in [2.45, 2.75) is 45.3 Å². The summed E-state index contributed by atoms with van der Waals surface area (Å²) in [6.07, 6.45) is 3.85. The van der Waals surface area contributed by atoms with Gasteiger partial charge in [0.05, 0.1) is 0 Å². The molecule has 1 aromatic carbocycles. The number of rotatable bonds is 3. The lowest BCUT2D eigenvalue weighted by Crippen LogP contribution is -2.30. The molecule has 0 bridgehead atoms. The molecule has 2 aliphatic heterocycles. The van der Waals surface area contributed by atoms with Crippen molar-refractivity contribution in [3.8, 4) is 5.75 Å². The van der Waals surface area contributed by atoms with Crippen LogP contribution in [0.5, 0.6) is 5.75 Å². The molecule has 1 unspecified atom stereocenters. The zero-order valence-corrected chi connectivity index (χ0v) is 12.0. The van der Waals surface area contributed by atoms with Gasteiger partial charge in [-0.15, -0.1) is 0 Å². The van der Waals surface area contributed by atoms with Crippen LogP contribution in [0, 0.1) is 0 Å². The SMILES string of the molecule is CC(C)N1CCC(Oc2cccc3c2CCCN3)C1. The highest BCUT2D eigenvalue weighted by atomic mass is 16.5. The summed E-state index contributed by atoms with van der Waals surface area (Å²) < 4.78 is 6.27. The summed E-state index contributed by atoms with van der Waals surface area (Å²) in [5.74, 6) is 1.10. The van der Waals surface area contributed by atoms with Gasteiger partial charge >= 0.3 is 0 Å². The smallest absolute Gasteiger partial charge is 0.125 e. The third-order valence-corrected chi connectivity index (χ3v) is 4.25. The Bertz CT molecular complexity index is 444. The molecule has 1 N–H and O–H groups in total. The minimum absolute atomic E-state index is 0.357. The van der Waals surface area contributed by atoms with E-state index in [1.807, 2.05) is 0 Å². The lowest BCUT2D eigenvalue weighted by Gasteiger charge is -2.24. The molecular weight excluding hydrogens is 236 g/mol. The average Bonchev–Trinajstić information content (AvgIpc) is 2.88. The van der Waals surface area contributed by atoms with E-state index in [0.717, 1.165) is 38.2 Å². The Morgan fingerprint density at radius 2 is 2.26 bits per heavy atom. The van der Waals surface area contributed by atoms with Crippen LogP contribution in [0.1, 0.15) is 32.3 Å². The van der Waals surface area contributed by atoms with E-state index >= 15 is 0 Å². The molecule has 0 aliphatic carbocycles. The van der Waals surface area contributed by atoms with Crippen molar-refractivity contribution in [1.82, 2.24) is 4.90 Å². The van der Waals surface area contributed by atoms with Crippen LogP contribution >= 0.6 is 0 Å². The molecule has 3 nitrogen and oxygen atoms in total. The van der Waals surface area contributed by atoms with Gasteiger partial charge in [-0.1, -0.05) is 6.07 Å². The number of benzene rings is 1. The van der Waals surface area contributed by atoms with Crippen LogP contribution in [0.2, 0.25) is 0 Å². The summed E-state index contributed by atoms with van der Waals surface area (Å²) in [7, 11) is 0. The number of anilines is 1. The van der Waals surface area contributed by atoms with Crippen molar-refractivity contribution < 1.29 is 4.74 Å². The van der Waals surface area contributed by atoms with Gasteiger partial charge in [0.15, 0.2) is 0 Å². The van der Waals surface area contributed by atoms with Crippen LogP contribution < -0.4 is 10.1 Å². The third kappa shape index (κ3) is 2.71. The van der Waals surface area contributed by atoms with Crippen LogP contribution in [-0.2, 0) is 6.42 Å². The van der Waals surface area contributed by atoms with E-state index in [-0.39, 0.29) is 0 Å². The van der Waals surface area contributed by atoms with Gasteiger partial charge in [-0.25, -0.2) is 0 Å². The Balaban J connectivity index is 1.71. The Morgan fingerprint density at radius 3 is 3.05 bits per heavy atom. The molecule has 1 aromatic rings. The lowest BCUT2D eigenvalue weighted by molar-refractivity contribution is 0.186. The van der Waals surface area contributed by atoms with E-state index in [1.54, 1.807) is 0 Å². The number of ether oxygens (including phenoxy) is 1. The molecule has 0 radical (unpaired) electrons. The van der Waals surface area contributed by atoms with Gasteiger partial charge in [-0.2, -0.15) is 0 Å². The predicted octanol–water partition coefficient (Wildman–Crippen LogP) is 2.91. The van der Waals surface area contributed by atoms with E-state index in [9.17, 15) is 0 Å². The van der Waals surface area contributed by atoms with Crippen molar-refractivity contribution in [2.75, 3.05) is 25.0 Å². The topological polar surface area (TPSA) is 24.5 Å². The van der Waals surface area contributed by atoms with E-state index in [0.29, 0.717) is 12.1 Å². The summed E-state index contributed by atoms with van der Waals surface area (Å²) >= 11 is 0. The maximum atomic E-state index is 6.27. The van der Waals surface area contributed by atoms with Gasteiger partial charge in [0.1, 0.15) is 11.9 Å². The van der Waals surface area contributed by atoms with Crippen LogP contribution in [0.3, 0.4) is 0 Å². The van der Waals surface area contributed by atoms with Crippen LogP contribution in [0.15, 0.2) is 18.2 Å². The van der Waals surface area contributed by atoms with Crippen molar-refractivity contribution in [1.29, 1.82) is 0 Å². The molecule has 1 fully saturated rings. The number of likely N-dealkylation sites (tertiary alicyclic amines) is 1. The van der Waals surface area contributed by atoms with Gasteiger partial charge in [-0.3, -0.25) is 4.90 Å². The monoisotopic (exact) mass is 260 g/mol. The zero-order chi connectivity index (χ0) is 13.2. The molecule has 19 heavy (non-hydrogen) atoms. The molecule has 0 amide bonds. The first-order valence-electron chi connectivity index (χ1n) is 7.50. The highest BCUT2D eigenvalue weighted by Crippen LogP contribution is 2.32. The largest absolute Gasteiger partial charge is 0.489 e. The average molecular weight is 260 g/mol. The minimum atomic E-state index is 0.357. The van der Waals surface area contributed by atoms with Crippen molar-refractivity contribution in [2.24, 2.45) is 0 Å². The normalized spacial score (nSPS) is 23.2. The van der Waals surface area contributed by atoms with Gasteiger partial charge in [0.2, 0.25) is 0 Å². The number of nitrogens with zero attached hydrogens (tertiary/aromatic N) is 1. The Labute approximate surface area is 115 Å². The second kappa shape index (κ2) is 5.41. The van der Waals surface area contributed by atoms with E-state index in [1.165, 1.54) is 17.7 Å². The van der Waals surface area contributed by atoms with E-state index in [2.05, 4.69) is 42.3 Å². The van der Waals surface area contributed by atoms with Gasteiger partial charge < -0.3 is 10.1 Å². The number of hydrogen-bond donors (Lipinski definition) is 1.